The van der Waals surface area contributed by atoms with Crippen LogP contribution in [-0.2, 0) is 6.54 Å². The zero-order valence-corrected chi connectivity index (χ0v) is 8.58. The van der Waals surface area contributed by atoms with Crippen LogP contribution in [0.15, 0.2) is 15.6 Å². The smallest absolute Gasteiger partial charge is 0.189 e. The van der Waals surface area contributed by atoms with Gasteiger partial charge in [-0.1, -0.05) is 12.1 Å². The summed E-state index contributed by atoms with van der Waals surface area (Å²) in [6.07, 6.45) is 1.03. The highest BCUT2D eigenvalue weighted by molar-refractivity contribution is 5.77. The first kappa shape index (κ1) is 10.6. The molecule has 0 unspecified atom stereocenters. The van der Waals surface area contributed by atoms with Crippen molar-refractivity contribution in [3.05, 3.63) is 17.5 Å². The van der Waals surface area contributed by atoms with Crippen molar-refractivity contribution in [3.8, 4) is 0 Å². The van der Waals surface area contributed by atoms with E-state index in [2.05, 4.69) is 22.4 Å². The van der Waals surface area contributed by atoms with E-state index < -0.39 is 0 Å². The summed E-state index contributed by atoms with van der Waals surface area (Å²) in [6.45, 7) is 5.21. The van der Waals surface area contributed by atoms with Crippen LogP contribution in [0, 0.1) is 6.92 Å². The molecule has 0 amide bonds. The van der Waals surface area contributed by atoms with Gasteiger partial charge in [-0.25, -0.2) is 4.99 Å². The molecule has 5 nitrogen and oxygen atoms in total. The Hall–Kier alpha value is -1.52. The number of nitrogens with zero attached hydrogens (tertiary/aromatic N) is 2. The van der Waals surface area contributed by atoms with Crippen molar-refractivity contribution >= 4 is 5.96 Å². The fraction of sp³-hybridized carbons (Fsp3) is 0.556. The fourth-order valence-corrected chi connectivity index (χ4v) is 0.963. The number of aryl methyl sites for hydroxylation is 1. The first-order valence-electron chi connectivity index (χ1n) is 4.68. The van der Waals surface area contributed by atoms with Crippen molar-refractivity contribution in [1.82, 2.24) is 10.5 Å². The molecule has 0 bridgehead atoms. The predicted octanol–water partition coefficient (Wildman–Crippen LogP) is 0.797. The van der Waals surface area contributed by atoms with E-state index in [0.29, 0.717) is 12.5 Å². The molecule has 0 aliphatic carbocycles. The quantitative estimate of drug-likeness (QED) is 0.551. The monoisotopic (exact) mass is 196 g/mol. The van der Waals surface area contributed by atoms with Gasteiger partial charge in [0.1, 0.15) is 6.54 Å². The Morgan fingerprint density at radius 2 is 2.50 bits per heavy atom. The largest absolute Gasteiger partial charge is 0.370 e. The fourth-order valence-electron chi connectivity index (χ4n) is 0.963. The Kier molecular flexibility index (Phi) is 3.97. The first-order chi connectivity index (χ1) is 6.72. The lowest BCUT2D eigenvalue weighted by molar-refractivity contribution is 0.381. The van der Waals surface area contributed by atoms with Crippen LogP contribution in [0.1, 0.15) is 24.8 Å². The Morgan fingerprint density at radius 1 is 1.71 bits per heavy atom. The highest BCUT2D eigenvalue weighted by atomic mass is 16.5. The molecule has 0 saturated heterocycles. The lowest BCUT2D eigenvalue weighted by Crippen LogP contribution is -2.32. The molecule has 78 valence electrons. The molecule has 1 rings (SSSR count). The topological polar surface area (TPSA) is 76.4 Å². The average molecular weight is 196 g/mol. The van der Waals surface area contributed by atoms with Crippen molar-refractivity contribution in [2.24, 2.45) is 10.7 Å². The first-order valence-corrected chi connectivity index (χ1v) is 4.68. The second-order valence-electron chi connectivity index (χ2n) is 3.06. The maximum absolute atomic E-state index is 5.59. The van der Waals surface area contributed by atoms with Crippen LogP contribution in [0.2, 0.25) is 0 Å². The third kappa shape index (κ3) is 3.47. The molecule has 0 saturated carbocycles. The van der Waals surface area contributed by atoms with Gasteiger partial charge < -0.3 is 15.6 Å². The molecule has 0 spiro atoms. The number of hydrogen-bond acceptors (Lipinski definition) is 3. The van der Waals surface area contributed by atoms with E-state index in [0.717, 1.165) is 24.4 Å². The number of hydrogen-bond donors (Lipinski definition) is 2. The summed E-state index contributed by atoms with van der Waals surface area (Å²) in [6, 6.07) is 1.84. The number of guanidine groups is 1. The lowest BCUT2D eigenvalue weighted by Gasteiger charge is -2.01. The highest BCUT2D eigenvalue weighted by Gasteiger charge is 1.98. The molecular formula is C9H16N4O. The van der Waals surface area contributed by atoms with Crippen molar-refractivity contribution in [2.45, 2.75) is 26.8 Å². The van der Waals surface area contributed by atoms with E-state index in [1.807, 2.05) is 13.0 Å². The van der Waals surface area contributed by atoms with Gasteiger partial charge >= 0.3 is 0 Å². The van der Waals surface area contributed by atoms with Crippen LogP contribution < -0.4 is 11.1 Å². The van der Waals surface area contributed by atoms with Gasteiger partial charge in [0.2, 0.25) is 0 Å². The van der Waals surface area contributed by atoms with Gasteiger partial charge in [-0.3, -0.25) is 0 Å². The van der Waals surface area contributed by atoms with Gasteiger partial charge in [-0.05, 0) is 13.3 Å². The molecule has 0 aromatic carbocycles. The van der Waals surface area contributed by atoms with Gasteiger partial charge in [0.25, 0.3) is 0 Å². The maximum atomic E-state index is 5.59. The molecule has 3 N–H and O–H groups in total. The summed E-state index contributed by atoms with van der Waals surface area (Å²) in [7, 11) is 0. The maximum Gasteiger partial charge on any atom is 0.189 e. The lowest BCUT2D eigenvalue weighted by atomic mass is 10.4. The van der Waals surface area contributed by atoms with Crippen molar-refractivity contribution in [1.29, 1.82) is 0 Å². The van der Waals surface area contributed by atoms with E-state index in [4.69, 9.17) is 10.3 Å². The SMILES string of the molecule is CCCNC(N)=NCc1cc(C)no1. The van der Waals surface area contributed by atoms with Gasteiger partial charge in [0.05, 0.1) is 5.69 Å². The molecule has 1 aromatic rings. The number of rotatable bonds is 4. The minimum absolute atomic E-state index is 0.434. The summed E-state index contributed by atoms with van der Waals surface area (Å²) in [5.41, 5.74) is 6.45. The normalized spacial score (nSPS) is 11.7. The van der Waals surface area contributed by atoms with Crippen LogP contribution in [0.5, 0.6) is 0 Å². The van der Waals surface area contributed by atoms with Crippen LogP contribution in [0.25, 0.3) is 0 Å². The molecule has 0 aliphatic heterocycles. The van der Waals surface area contributed by atoms with Crippen molar-refractivity contribution in [3.63, 3.8) is 0 Å². The Morgan fingerprint density at radius 3 is 3.07 bits per heavy atom. The highest BCUT2D eigenvalue weighted by Crippen LogP contribution is 2.02. The molecule has 0 atom stereocenters. The van der Waals surface area contributed by atoms with Crippen LogP contribution >= 0.6 is 0 Å². The second kappa shape index (κ2) is 5.26. The minimum Gasteiger partial charge on any atom is -0.370 e. The number of aromatic nitrogens is 1. The number of aliphatic imine (C=N–C) groups is 1. The Labute approximate surface area is 83.4 Å². The van der Waals surface area contributed by atoms with Gasteiger partial charge in [0.15, 0.2) is 11.7 Å². The zero-order valence-electron chi connectivity index (χ0n) is 8.58. The number of nitrogens with two attached hydrogens (primary N) is 1. The molecule has 0 fully saturated rings. The predicted molar refractivity (Wildman–Crippen MR) is 54.9 cm³/mol. The molecule has 0 aliphatic rings. The summed E-state index contributed by atoms with van der Waals surface area (Å²) in [5.74, 6) is 1.17. The third-order valence-corrected chi connectivity index (χ3v) is 1.64. The molecule has 5 heteroatoms. The summed E-state index contributed by atoms with van der Waals surface area (Å²) < 4.78 is 4.98. The molecule has 14 heavy (non-hydrogen) atoms. The number of nitrogens with one attached hydrogen (secondary N) is 1. The molecule has 1 heterocycles. The molecular weight excluding hydrogens is 180 g/mol. The van der Waals surface area contributed by atoms with E-state index >= 15 is 0 Å². The van der Waals surface area contributed by atoms with Gasteiger partial charge in [0, 0.05) is 12.6 Å². The van der Waals surface area contributed by atoms with Crippen molar-refractivity contribution < 1.29 is 4.52 Å². The van der Waals surface area contributed by atoms with Crippen molar-refractivity contribution in [2.75, 3.05) is 6.54 Å². The Bertz CT molecular complexity index is 306. The van der Waals surface area contributed by atoms with Crippen LogP contribution in [-0.4, -0.2) is 17.7 Å². The second-order valence-corrected chi connectivity index (χ2v) is 3.06. The third-order valence-electron chi connectivity index (χ3n) is 1.64. The van der Waals surface area contributed by atoms with Crippen LogP contribution in [0.4, 0.5) is 0 Å². The summed E-state index contributed by atoms with van der Waals surface area (Å²) >= 11 is 0. The standard InChI is InChI=1S/C9H16N4O/c1-3-4-11-9(10)12-6-8-5-7(2)13-14-8/h5H,3-4,6H2,1-2H3,(H3,10,11,12). The summed E-state index contributed by atoms with van der Waals surface area (Å²) in [4.78, 5) is 4.09. The van der Waals surface area contributed by atoms with Gasteiger partial charge in [-0.15, -0.1) is 0 Å². The van der Waals surface area contributed by atoms with E-state index in [9.17, 15) is 0 Å². The minimum atomic E-state index is 0.434. The van der Waals surface area contributed by atoms with Gasteiger partial charge in [-0.2, -0.15) is 0 Å². The Balaban J connectivity index is 2.38. The average Bonchev–Trinajstić information content (AvgIpc) is 2.58. The van der Waals surface area contributed by atoms with Crippen LogP contribution in [0.3, 0.4) is 0 Å². The zero-order chi connectivity index (χ0) is 10.4. The molecule has 1 aromatic heterocycles. The molecule has 0 radical (unpaired) electrons. The van der Waals surface area contributed by atoms with E-state index in [1.165, 1.54) is 0 Å². The summed E-state index contributed by atoms with van der Waals surface area (Å²) in [5, 5.41) is 6.73. The van der Waals surface area contributed by atoms with E-state index in [-0.39, 0.29) is 0 Å². The van der Waals surface area contributed by atoms with E-state index in [1.54, 1.807) is 0 Å².